The Labute approximate surface area is 499 Å². The summed E-state index contributed by atoms with van der Waals surface area (Å²) in [5.74, 6) is -1.09. The number of ether oxygens (including phenoxy) is 12. The number of aliphatic hydroxyl groups excluding tert-OH is 12. The summed E-state index contributed by atoms with van der Waals surface area (Å²) in [6.45, 7) is 12.9. The van der Waals surface area contributed by atoms with Crippen molar-refractivity contribution in [2.24, 2.45) is 39.4 Å². The van der Waals surface area contributed by atoms with E-state index in [1.54, 1.807) is 13.8 Å². The number of ketones is 1. The van der Waals surface area contributed by atoms with Crippen molar-refractivity contribution in [3.05, 3.63) is 11.6 Å². The number of allylic oxidation sites excluding steroid dienone is 2. The minimum atomic E-state index is -2.01. The molecule has 0 aromatic rings. The average Bonchev–Trinajstić information content (AvgIpc) is 1.46. The van der Waals surface area contributed by atoms with E-state index in [4.69, 9.17) is 56.8 Å². The molecule has 0 amide bonds. The van der Waals surface area contributed by atoms with Gasteiger partial charge in [-0.3, -0.25) is 9.59 Å². The highest BCUT2D eigenvalue weighted by Crippen LogP contribution is 2.75. The van der Waals surface area contributed by atoms with Crippen LogP contribution in [-0.2, 0) is 66.4 Å². The monoisotopic (exact) mass is 1230 g/mol. The summed E-state index contributed by atoms with van der Waals surface area (Å²) in [7, 11) is 1.20. The highest BCUT2D eigenvalue weighted by molar-refractivity contribution is 5.99. The summed E-state index contributed by atoms with van der Waals surface area (Å²) in [5.41, 5.74) is -3.58. The number of hydrogen-bond donors (Lipinski definition) is 13. The van der Waals surface area contributed by atoms with E-state index < -0.39 is 213 Å². The number of methoxy groups -OCH3 is 1. The molecule has 0 radical (unpaired) electrons. The fraction of sp³-hybridized carbons (Fsp3) is 0.932. The number of carbonyl (C=O) groups excluding carboxylic acids is 2. The molecule has 13 N–H and O–H groups in total. The molecule has 6 heterocycles. The third kappa shape index (κ3) is 11.3. The van der Waals surface area contributed by atoms with Crippen LogP contribution in [0.5, 0.6) is 0 Å². The zero-order valence-corrected chi connectivity index (χ0v) is 50.4. The molecule has 0 bridgehead atoms. The minimum Gasteiger partial charge on any atom is -0.458 e. The summed E-state index contributed by atoms with van der Waals surface area (Å²) >= 11 is 0. The Morgan fingerprint density at radius 3 is 1.87 bits per heavy atom. The molecule has 3 saturated carbocycles. The van der Waals surface area contributed by atoms with Gasteiger partial charge in [-0.05, 0) is 107 Å². The van der Waals surface area contributed by atoms with Gasteiger partial charge < -0.3 is 123 Å². The van der Waals surface area contributed by atoms with Gasteiger partial charge in [0.1, 0.15) is 115 Å². The molecule has 0 aromatic heterocycles. The smallest absolute Gasteiger partial charge is 0.314 e. The van der Waals surface area contributed by atoms with Gasteiger partial charge in [0, 0.05) is 13.5 Å². The lowest BCUT2D eigenvalue weighted by Crippen LogP contribution is -2.67. The molecule has 492 valence electrons. The van der Waals surface area contributed by atoms with Crippen molar-refractivity contribution in [1.29, 1.82) is 0 Å². The van der Waals surface area contributed by atoms with Crippen LogP contribution >= 0.6 is 0 Å². The molecule has 0 aromatic carbocycles. The quantitative estimate of drug-likeness (QED) is 0.0405. The van der Waals surface area contributed by atoms with Crippen molar-refractivity contribution >= 4 is 11.8 Å². The number of aliphatic hydroxyl groups is 13. The first-order chi connectivity index (χ1) is 40.3. The molecule has 27 heteroatoms. The Hall–Kier alpha value is -2.08. The molecule has 31 atom stereocenters. The Morgan fingerprint density at radius 2 is 1.23 bits per heavy atom. The van der Waals surface area contributed by atoms with E-state index in [-0.39, 0.29) is 30.0 Å². The van der Waals surface area contributed by atoms with Crippen LogP contribution in [0.3, 0.4) is 0 Å². The third-order valence-electron chi connectivity index (χ3n) is 21.8. The first-order valence-electron chi connectivity index (χ1n) is 30.5. The fourth-order valence-corrected chi connectivity index (χ4v) is 17.1. The Balaban J connectivity index is 0.897. The number of esters is 1. The molecule has 9 fully saturated rings. The number of carbonyl (C=O) groups is 2. The summed E-state index contributed by atoms with van der Waals surface area (Å²) in [4.78, 5) is 29.0. The lowest BCUT2D eigenvalue weighted by molar-refractivity contribution is -0.394. The molecule has 6 saturated heterocycles. The number of rotatable bonds is 17. The van der Waals surface area contributed by atoms with E-state index in [1.165, 1.54) is 19.6 Å². The van der Waals surface area contributed by atoms with Gasteiger partial charge in [0.25, 0.3) is 0 Å². The maximum atomic E-state index is 14.5. The Bertz CT molecular complexity index is 2430. The van der Waals surface area contributed by atoms with Crippen LogP contribution < -0.4 is 0 Å². The van der Waals surface area contributed by atoms with Gasteiger partial charge >= 0.3 is 5.97 Å². The van der Waals surface area contributed by atoms with Crippen LogP contribution in [0.1, 0.15) is 113 Å². The zero-order chi connectivity index (χ0) is 62.7. The summed E-state index contributed by atoms with van der Waals surface area (Å²) in [6, 6.07) is 0. The summed E-state index contributed by atoms with van der Waals surface area (Å²) < 4.78 is 72.4. The van der Waals surface area contributed by atoms with E-state index in [1.807, 2.05) is 6.92 Å². The largest absolute Gasteiger partial charge is 0.458 e. The maximum absolute atomic E-state index is 14.5. The third-order valence-corrected chi connectivity index (χ3v) is 21.8. The normalized spacial score (nSPS) is 52.1. The number of Topliss-reactive ketones (excluding diaryl/α,β-unsaturated/α-hetero) is 1. The van der Waals surface area contributed by atoms with Crippen molar-refractivity contribution in [3.63, 3.8) is 0 Å². The Morgan fingerprint density at radius 1 is 0.640 bits per heavy atom. The number of fused-ring (bicyclic) bond motifs is 4. The fourth-order valence-electron chi connectivity index (χ4n) is 17.1. The van der Waals surface area contributed by atoms with Crippen molar-refractivity contribution in [1.82, 2.24) is 0 Å². The predicted octanol–water partition coefficient (Wildman–Crippen LogP) is -2.55. The molecule has 86 heavy (non-hydrogen) atoms. The lowest BCUT2D eigenvalue weighted by atomic mass is 9.41. The van der Waals surface area contributed by atoms with Gasteiger partial charge in [-0.15, -0.1) is 0 Å². The van der Waals surface area contributed by atoms with Gasteiger partial charge in [-0.25, -0.2) is 0 Å². The highest BCUT2D eigenvalue weighted by atomic mass is 16.8. The van der Waals surface area contributed by atoms with Gasteiger partial charge in [0.2, 0.25) is 0 Å². The first-order valence-corrected chi connectivity index (χ1v) is 30.5. The van der Waals surface area contributed by atoms with Gasteiger partial charge in [0.15, 0.2) is 31.5 Å². The van der Waals surface area contributed by atoms with Crippen LogP contribution in [0, 0.1) is 39.4 Å². The second-order valence-electron chi connectivity index (χ2n) is 28.0. The highest BCUT2D eigenvalue weighted by Gasteiger charge is 2.79. The maximum Gasteiger partial charge on any atom is 0.314 e. The van der Waals surface area contributed by atoms with Gasteiger partial charge in [-0.1, -0.05) is 39.3 Å². The van der Waals surface area contributed by atoms with E-state index in [9.17, 15) is 76.0 Å². The van der Waals surface area contributed by atoms with Crippen molar-refractivity contribution in [3.8, 4) is 0 Å². The van der Waals surface area contributed by atoms with E-state index in [0.717, 1.165) is 0 Å². The van der Waals surface area contributed by atoms with Crippen molar-refractivity contribution in [2.45, 2.75) is 272 Å². The topological polar surface area (TPSA) is 408 Å². The van der Waals surface area contributed by atoms with Crippen LogP contribution in [0.4, 0.5) is 0 Å². The van der Waals surface area contributed by atoms with Crippen LogP contribution in [0.25, 0.3) is 0 Å². The van der Waals surface area contributed by atoms with Crippen LogP contribution in [0.15, 0.2) is 11.6 Å². The SMILES string of the molecule is COC1C(O)C(CO)OC(OC2C(O)C(CO)OC(OC3C(OC4CCC5(C)C6=CCC78C(=O)OC(C)(CCCC(C)(C)O)C7C(=O)CC8(C)C6CCC5C4(C)C)OCC(OC4OC(C)C(OC5OCC(O)C(O)C5O)C(O)C4O)C3O)C2O)C1O. The van der Waals surface area contributed by atoms with Gasteiger partial charge in [-0.2, -0.15) is 0 Å². The predicted molar refractivity (Wildman–Crippen MR) is 289 cm³/mol. The molecular weight excluding hydrogens is 1140 g/mol. The van der Waals surface area contributed by atoms with E-state index in [0.29, 0.717) is 51.4 Å². The molecule has 27 nitrogen and oxygen atoms in total. The minimum absolute atomic E-state index is 0.0267. The van der Waals surface area contributed by atoms with Crippen LogP contribution in [0.2, 0.25) is 0 Å². The molecule has 10 rings (SSSR count). The molecule has 6 aliphatic heterocycles. The second kappa shape index (κ2) is 24.8. The molecular formula is C59H94O27. The summed E-state index contributed by atoms with van der Waals surface area (Å²) in [6.07, 6.45) is -31.3. The van der Waals surface area contributed by atoms with Gasteiger partial charge in [0.05, 0.1) is 55.6 Å². The standard InChI is InChI=1S/C59H94O27/c1-24-43(83-48-39(69)34(64)28(63)22-76-48)38(68)40(70)49(78-24)81-31-23-77-52(46(37(31)67)85-51-42(72)45(36(66)30(21-61)80-51)84-50-41(71)44(75-9)35(65)29(20-60)79-50)82-33-14-17-56(6)25-13-18-59-47(58(8,86-53(59)73)16-10-15-54(2,3)74)27(62)19-57(59,7)26(25)11-12-32(56)55(33,4)5/h13,24,26,28-52,60-61,63-72,74H,10-12,14-23H2,1-9H3. The lowest BCUT2D eigenvalue weighted by Gasteiger charge is -2.63. The summed E-state index contributed by atoms with van der Waals surface area (Å²) in [5, 5.41) is 143. The average molecular weight is 1240 g/mol. The molecule has 31 unspecified atom stereocenters. The number of hydrogen-bond acceptors (Lipinski definition) is 27. The van der Waals surface area contributed by atoms with Crippen LogP contribution in [-0.4, -0.2) is 270 Å². The van der Waals surface area contributed by atoms with Crippen molar-refractivity contribution in [2.75, 3.05) is 33.5 Å². The zero-order valence-electron chi connectivity index (χ0n) is 50.4. The molecule has 4 aliphatic carbocycles. The molecule has 10 aliphatic rings. The van der Waals surface area contributed by atoms with E-state index >= 15 is 0 Å². The second-order valence-corrected chi connectivity index (χ2v) is 28.0. The first kappa shape index (κ1) is 66.8. The van der Waals surface area contributed by atoms with Crippen molar-refractivity contribution < 1.29 is 133 Å². The Kier molecular flexibility index (Phi) is 19.2. The molecule has 1 spiro atoms. The van der Waals surface area contributed by atoms with E-state index in [2.05, 4.69) is 33.8 Å². The number of cyclic esters (lactones) is 1.